The van der Waals surface area contributed by atoms with Crippen LogP contribution in [0.25, 0.3) is 6.08 Å². The standard InChI is InChI=1S/C21H16N4O3/c1-13-11-18(27)24-21(22-13)25-19(14-7-3-2-4-8-14)23-16(20(25)28)12-15-9-5-6-10-17(15)26/h2-12,26H,1H3,(H,22,24,27)/b16-12+. The Hall–Kier alpha value is -4.00. The SMILES string of the molecule is Cc1cc(=O)[nH]c(N2C(=O)/C(=C\c3ccccc3O)N=C2c2ccccc2)n1. The second kappa shape index (κ2) is 6.96. The summed E-state index contributed by atoms with van der Waals surface area (Å²) in [5, 5.41) is 10.0. The summed E-state index contributed by atoms with van der Waals surface area (Å²) in [6, 6.07) is 17.2. The maximum Gasteiger partial charge on any atom is 0.285 e. The summed E-state index contributed by atoms with van der Waals surface area (Å²) in [5.74, 6) is 0.0370. The van der Waals surface area contributed by atoms with Gasteiger partial charge in [0.05, 0.1) is 0 Å². The lowest BCUT2D eigenvalue weighted by Gasteiger charge is -2.17. The van der Waals surface area contributed by atoms with Gasteiger partial charge in [0.15, 0.2) is 5.84 Å². The Balaban J connectivity index is 1.88. The van der Waals surface area contributed by atoms with Gasteiger partial charge in [-0.3, -0.25) is 14.6 Å². The molecule has 138 valence electrons. The number of H-pyrrole nitrogens is 1. The summed E-state index contributed by atoms with van der Waals surface area (Å²) in [6.07, 6.45) is 1.51. The molecule has 0 spiro atoms. The van der Waals surface area contributed by atoms with E-state index in [4.69, 9.17) is 0 Å². The minimum absolute atomic E-state index is 0.0415. The van der Waals surface area contributed by atoms with Crippen LogP contribution in [0.1, 0.15) is 16.8 Å². The van der Waals surface area contributed by atoms with Crippen LogP contribution in [0, 0.1) is 6.92 Å². The quantitative estimate of drug-likeness (QED) is 0.691. The molecular formula is C21H16N4O3. The van der Waals surface area contributed by atoms with Crippen molar-refractivity contribution >= 4 is 23.8 Å². The Labute approximate surface area is 160 Å². The van der Waals surface area contributed by atoms with Crippen molar-refractivity contribution in [2.75, 3.05) is 4.90 Å². The molecule has 4 rings (SSSR count). The molecule has 28 heavy (non-hydrogen) atoms. The highest BCUT2D eigenvalue weighted by Gasteiger charge is 2.34. The van der Waals surface area contributed by atoms with Gasteiger partial charge in [0.25, 0.3) is 11.5 Å². The third kappa shape index (κ3) is 3.21. The Kier molecular flexibility index (Phi) is 4.33. The van der Waals surface area contributed by atoms with Crippen molar-refractivity contribution in [2.45, 2.75) is 6.92 Å². The third-order valence-corrected chi connectivity index (χ3v) is 4.19. The summed E-state index contributed by atoms with van der Waals surface area (Å²) in [7, 11) is 0. The highest BCUT2D eigenvalue weighted by molar-refractivity contribution is 6.32. The fourth-order valence-electron chi connectivity index (χ4n) is 2.92. The second-order valence-electron chi connectivity index (χ2n) is 6.24. The predicted molar refractivity (Wildman–Crippen MR) is 106 cm³/mol. The lowest BCUT2D eigenvalue weighted by molar-refractivity contribution is -0.113. The van der Waals surface area contributed by atoms with E-state index < -0.39 is 5.91 Å². The van der Waals surface area contributed by atoms with Crippen LogP contribution in [0.3, 0.4) is 0 Å². The molecule has 0 radical (unpaired) electrons. The van der Waals surface area contributed by atoms with Gasteiger partial charge < -0.3 is 5.11 Å². The number of hydrogen-bond acceptors (Lipinski definition) is 5. The predicted octanol–water partition coefficient (Wildman–Crippen LogP) is 2.62. The molecule has 1 aliphatic rings. The number of aromatic amines is 1. The molecule has 7 heteroatoms. The van der Waals surface area contributed by atoms with E-state index in [2.05, 4.69) is 15.0 Å². The third-order valence-electron chi connectivity index (χ3n) is 4.19. The van der Waals surface area contributed by atoms with Crippen LogP contribution >= 0.6 is 0 Å². The molecule has 0 saturated carbocycles. The zero-order chi connectivity index (χ0) is 19.7. The normalized spacial score (nSPS) is 15.2. The van der Waals surface area contributed by atoms with E-state index in [1.54, 1.807) is 25.1 Å². The number of anilines is 1. The summed E-state index contributed by atoms with van der Waals surface area (Å²) in [5.41, 5.74) is 1.41. The Morgan fingerprint density at radius 3 is 2.46 bits per heavy atom. The molecule has 1 aliphatic heterocycles. The van der Waals surface area contributed by atoms with Crippen LogP contribution < -0.4 is 10.5 Å². The summed E-state index contributed by atoms with van der Waals surface area (Å²) >= 11 is 0. The fraction of sp³-hybridized carbons (Fsp3) is 0.0476. The van der Waals surface area contributed by atoms with E-state index in [1.165, 1.54) is 23.1 Å². The first-order valence-corrected chi connectivity index (χ1v) is 8.59. The molecule has 0 unspecified atom stereocenters. The number of aromatic nitrogens is 2. The molecule has 2 aromatic carbocycles. The van der Waals surface area contributed by atoms with Gasteiger partial charge in [-0.1, -0.05) is 48.5 Å². The smallest absolute Gasteiger partial charge is 0.285 e. The molecule has 1 amide bonds. The number of aliphatic imine (C=N–C) groups is 1. The summed E-state index contributed by atoms with van der Waals surface area (Å²) in [4.78, 5) is 37.7. The van der Waals surface area contributed by atoms with Gasteiger partial charge in [-0.2, -0.15) is 0 Å². The van der Waals surface area contributed by atoms with Gasteiger partial charge in [-0.15, -0.1) is 0 Å². The van der Waals surface area contributed by atoms with Crippen molar-refractivity contribution in [3.63, 3.8) is 0 Å². The van der Waals surface area contributed by atoms with Gasteiger partial charge in [0.2, 0.25) is 5.95 Å². The number of benzene rings is 2. The van der Waals surface area contributed by atoms with Crippen LogP contribution in [0.2, 0.25) is 0 Å². The van der Waals surface area contributed by atoms with Crippen molar-refractivity contribution in [1.82, 2.24) is 9.97 Å². The second-order valence-corrected chi connectivity index (χ2v) is 6.24. The lowest BCUT2D eigenvalue weighted by atomic mass is 10.1. The largest absolute Gasteiger partial charge is 0.507 e. The van der Waals surface area contributed by atoms with E-state index in [0.29, 0.717) is 22.7 Å². The van der Waals surface area contributed by atoms with Crippen molar-refractivity contribution in [2.24, 2.45) is 4.99 Å². The summed E-state index contributed by atoms with van der Waals surface area (Å²) < 4.78 is 0. The highest BCUT2D eigenvalue weighted by Crippen LogP contribution is 2.27. The molecule has 7 nitrogen and oxygen atoms in total. The molecule has 2 heterocycles. The van der Waals surface area contributed by atoms with E-state index in [9.17, 15) is 14.7 Å². The number of carbonyl (C=O) groups is 1. The first-order valence-electron chi connectivity index (χ1n) is 8.59. The fourth-order valence-corrected chi connectivity index (χ4v) is 2.92. The Bertz CT molecular complexity index is 1180. The first-order chi connectivity index (χ1) is 13.5. The van der Waals surface area contributed by atoms with Crippen LogP contribution in [0.4, 0.5) is 5.95 Å². The number of aryl methyl sites for hydroxylation is 1. The number of phenolic OH excluding ortho intramolecular Hbond substituents is 1. The van der Waals surface area contributed by atoms with Gasteiger partial charge in [0, 0.05) is 22.9 Å². The molecular weight excluding hydrogens is 356 g/mol. The monoisotopic (exact) mass is 372 g/mol. The molecule has 0 bridgehead atoms. The van der Waals surface area contributed by atoms with Gasteiger partial charge in [-0.05, 0) is 19.1 Å². The maximum absolute atomic E-state index is 13.1. The van der Waals surface area contributed by atoms with Crippen LogP contribution in [0.5, 0.6) is 5.75 Å². The van der Waals surface area contributed by atoms with Gasteiger partial charge in [0.1, 0.15) is 11.4 Å². The van der Waals surface area contributed by atoms with Crippen molar-refractivity contribution < 1.29 is 9.90 Å². The number of carbonyl (C=O) groups excluding carboxylic acids is 1. The highest BCUT2D eigenvalue weighted by atomic mass is 16.3. The molecule has 0 saturated heterocycles. The average Bonchev–Trinajstić information content (AvgIpc) is 3.00. The number of phenols is 1. The number of nitrogens with zero attached hydrogens (tertiary/aromatic N) is 3. The number of amides is 1. The molecule has 1 aromatic heterocycles. The average molecular weight is 372 g/mol. The molecule has 3 aromatic rings. The van der Waals surface area contributed by atoms with E-state index in [-0.39, 0.29) is 23.0 Å². The lowest BCUT2D eigenvalue weighted by Crippen LogP contribution is -2.35. The maximum atomic E-state index is 13.1. The number of para-hydroxylation sites is 1. The molecule has 2 N–H and O–H groups in total. The van der Waals surface area contributed by atoms with Crippen molar-refractivity contribution in [3.05, 3.63) is 93.5 Å². The number of rotatable bonds is 3. The Morgan fingerprint density at radius 1 is 1.04 bits per heavy atom. The zero-order valence-electron chi connectivity index (χ0n) is 15.0. The van der Waals surface area contributed by atoms with Crippen molar-refractivity contribution in [1.29, 1.82) is 0 Å². The van der Waals surface area contributed by atoms with Crippen LogP contribution in [-0.2, 0) is 4.79 Å². The molecule has 0 atom stereocenters. The minimum atomic E-state index is -0.448. The zero-order valence-corrected chi connectivity index (χ0v) is 15.0. The van der Waals surface area contributed by atoms with E-state index in [0.717, 1.165) is 0 Å². The topological polar surface area (TPSA) is 98.7 Å². The first kappa shape index (κ1) is 17.4. The van der Waals surface area contributed by atoms with Gasteiger partial charge in [-0.25, -0.2) is 14.9 Å². The minimum Gasteiger partial charge on any atom is -0.507 e. The number of amidine groups is 1. The number of aromatic hydroxyl groups is 1. The van der Waals surface area contributed by atoms with Crippen molar-refractivity contribution in [3.8, 4) is 5.75 Å². The number of nitrogens with one attached hydrogen (secondary N) is 1. The summed E-state index contributed by atoms with van der Waals surface area (Å²) in [6.45, 7) is 1.68. The van der Waals surface area contributed by atoms with Gasteiger partial charge >= 0.3 is 0 Å². The molecule has 0 fully saturated rings. The molecule has 0 aliphatic carbocycles. The van der Waals surface area contributed by atoms with Crippen LogP contribution in [-0.4, -0.2) is 26.8 Å². The van der Waals surface area contributed by atoms with E-state index in [1.807, 2.05) is 30.3 Å². The van der Waals surface area contributed by atoms with Crippen LogP contribution in [0.15, 0.2) is 76.1 Å². The number of hydrogen-bond donors (Lipinski definition) is 2. The Morgan fingerprint density at radius 2 is 1.75 bits per heavy atom. The van der Waals surface area contributed by atoms with E-state index >= 15 is 0 Å².